The normalized spacial score (nSPS) is 15.9. The summed E-state index contributed by atoms with van der Waals surface area (Å²) in [6, 6.07) is 0. The molecule has 0 radical (unpaired) electrons. The molecule has 0 rings (SSSR count). The van der Waals surface area contributed by atoms with E-state index in [4.69, 9.17) is 0 Å². The third-order valence-electron chi connectivity index (χ3n) is 0.719. The summed E-state index contributed by atoms with van der Waals surface area (Å²) in [6.07, 6.45) is 0. The van der Waals surface area contributed by atoms with Gasteiger partial charge in [0.15, 0.2) is 9.84 Å². The van der Waals surface area contributed by atoms with Gasteiger partial charge in [-0.05, 0) is 4.99 Å². The molecule has 0 saturated carbocycles. The van der Waals surface area contributed by atoms with Gasteiger partial charge in [-0.1, -0.05) is 47.8 Å². The maximum Gasteiger partial charge on any atom is 0.185 e. The largest absolute Gasteiger partial charge is 0.223 e. The van der Waals surface area contributed by atoms with E-state index < -0.39 is 14.0 Å². The number of hydrogen-bond donors (Lipinski definition) is 0. The van der Waals surface area contributed by atoms with E-state index in [1.807, 2.05) is 0 Å². The number of halogens is 3. The van der Waals surface area contributed by atoms with E-state index in [2.05, 4.69) is 47.8 Å². The summed E-state index contributed by atoms with van der Waals surface area (Å²) in [4.78, 5) is 1.32. The summed E-state index contributed by atoms with van der Waals surface area (Å²) in [5.74, 6) is 0. The molecule has 0 spiro atoms. The minimum absolute atomic E-state index is 0.382. The number of hydrogen-bond acceptors (Lipinski definition) is 2. The van der Waals surface area contributed by atoms with Crippen molar-refractivity contribution in [3.05, 3.63) is 10.4 Å². The molecule has 2 nitrogen and oxygen atoms in total. The first-order valence-electron chi connectivity index (χ1n) is 2.25. The zero-order valence-corrected chi connectivity index (χ0v) is 10.4. The number of sulfone groups is 1. The predicted octanol–water partition coefficient (Wildman–Crippen LogP) is 2.38. The molecule has 0 aromatic heterocycles. The van der Waals surface area contributed by atoms with E-state index in [0.717, 1.165) is 5.41 Å². The van der Waals surface area contributed by atoms with Crippen molar-refractivity contribution in [2.75, 3.05) is 5.33 Å². The Morgan fingerprint density at radius 1 is 1.50 bits per heavy atom. The minimum Gasteiger partial charge on any atom is -0.223 e. The highest BCUT2D eigenvalue weighted by Gasteiger charge is 2.16. The second-order valence-corrected chi connectivity index (χ2v) is 6.32. The predicted molar refractivity (Wildman–Crippen MR) is 53.5 cm³/mol. The van der Waals surface area contributed by atoms with Crippen LogP contribution in [-0.4, -0.2) is 17.9 Å². The first-order chi connectivity index (χ1) is 4.54. The Bertz CT molecular complexity index is 209. The molecule has 6 heteroatoms. The molecule has 0 aliphatic heterocycles. The smallest absolute Gasteiger partial charge is 0.185 e. The van der Waals surface area contributed by atoms with Crippen molar-refractivity contribution in [3.8, 4) is 0 Å². The average molecular weight is 357 g/mol. The topological polar surface area (TPSA) is 34.1 Å². The molecule has 60 valence electrons. The van der Waals surface area contributed by atoms with Crippen LogP contribution in [0.25, 0.3) is 0 Å². The van der Waals surface area contributed by atoms with Crippen LogP contribution in [-0.2, 0) is 9.84 Å². The van der Waals surface area contributed by atoms with Crippen molar-refractivity contribution in [2.45, 2.75) is 4.16 Å². The van der Waals surface area contributed by atoms with Gasteiger partial charge in [0, 0.05) is 10.7 Å². The fraction of sp³-hybridized carbons (Fsp3) is 0.500. The van der Waals surface area contributed by atoms with Gasteiger partial charge >= 0.3 is 0 Å². The molecular formula is C4H5Br3O2S. The molecule has 0 aromatic carbocycles. The van der Waals surface area contributed by atoms with Crippen LogP contribution in [0.5, 0.6) is 0 Å². The maximum absolute atomic E-state index is 11.0. The van der Waals surface area contributed by atoms with E-state index in [-0.39, 0.29) is 0 Å². The highest BCUT2D eigenvalue weighted by atomic mass is 79.9. The summed E-state index contributed by atoms with van der Waals surface area (Å²) in [5.41, 5.74) is 0. The van der Waals surface area contributed by atoms with Gasteiger partial charge in [-0.15, -0.1) is 0 Å². The van der Waals surface area contributed by atoms with Gasteiger partial charge in [-0.2, -0.15) is 0 Å². The quantitative estimate of drug-likeness (QED) is 0.728. The van der Waals surface area contributed by atoms with Gasteiger partial charge < -0.3 is 0 Å². The van der Waals surface area contributed by atoms with Crippen molar-refractivity contribution < 1.29 is 8.42 Å². The van der Waals surface area contributed by atoms with Gasteiger partial charge in [-0.25, -0.2) is 8.42 Å². The second kappa shape index (κ2) is 4.90. The lowest BCUT2D eigenvalue weighted by Gasteiger charge is -2.00. The van der Waals surface area contributed by atoms with Crippen molar-refractivity contribution in [1.29, 1.82) is 0 Å². The highest BCUT2D eigenvalue weighted by Crippen LogP contribution is 2.14. The fourth-order valence-corrected chi connectivity index (χ4v) is 3.12. The van der Waals surface area contributed by atoms with E-state index in [0.29, 0.717) is 5.33 Å². The van der Waals surface area contributed by atoms with Crippen LogP contribution in [0.2, 0.25) is 0 Å². The van der Waals surface area contributed by atoms with E-state index in [1.165, 1.54) is 4.99 Å². The Morgan fingerprint density at radius 3 is 2.30 bits per heavy atom. The van der Waals surface area contributed by atoms with Crippen LogP contribution in [0.4, 0.5) is 0 Å². The molecular weight excluding hydrogens is 352 g/mol. The second-order valence-electron chi connectivity index (χ2n) is 1.42. The molecule has 0 N–H and O–H groups in total. The lowest BCUT2D eigenvalue weighted by molar-refractivity contribution is 0.604. The standard InChI is InChI=1S/C4H5Br3O2S/c5-1-2-10(8,9)4(7)3-6/h1-2,4H,3H2/b2-1-. The Morgan fingerprint density at radius 2 is 2.00 bits per heavy atom. The van der Waals surface area contributed by atoms with Crippen molar-refractivity contribution in [2.24, 2.45) is 0 Å². The molecule has 0 amide bonds. The SMILES string of the molecule is O=S(=O)(/C=C\Br)C(Br)CBr. The Hall–Kier alpha value is 1.13. The van der Waals surface area contributed by atoms with Crippen molar-refractivity contribution in [3.63, 3.8) is 0 Å². The Labute approximate surface area is 85.4 Å². The van der Waals surface area contributed by atoms with E-state index >= 15 is 0 Å². The van der Waals surface area contributed by atoms with Gasteiger partial charge in [0.1, 0.15) is 4.16 Å². The van der Waals surface area contributed by atoms with Crippen molar-refractivity contribution >= 4 is 57.6 Å². The monoisotopic (exact) mass is 354 g/mol. The zero-order valence-electron chi connectivity index (χ0n) is 4.80. The number of alkyl halides is 2. The summed E-state index contributed by atoms with van der Waals surface area (Å²) >= 11 is 8.92. The summed E-state index contributed by atoms with van der Waals surface area (Å²) in [7, 11) is -3.12. The van der Waals surface area contributed by atoms with Crippen LogP contribution >= 0.6 is 47.8 Å². The molecule has 0 bridgehead atoms. The molecule has 0 heterocycles. The lowest BCUT2D eigenvalue weighted by Crippen LogP contribution is -2.12. The first-order valence-corrected chi connectivity index (χ1v) is 6.81. The molecule has 0 aliphatic rings. The van der Waals surface area contributed by atoms with Crippen LogP contribution in [0.15, 0.2) is 10.4 Å². The van der Waals surface area contributed by atoms with E-state index in [1.54, 1.807) is 0 Å². The number of rotatable bonds is 3. The summed E-state index contributed by atoms with van der Waals surface area (Å²) in [5, 5.41) is 1.49. The minimum atomic E-state index is -3.12. The first kappa shape index (κ1) is 11.1. The Balaban J connectivity index is 4.42. The summed E-state index contributed by atoms with van der Waals surface area (Å²) < 4.78 is 21.4. The molecule has 0 aromatic rings. The van der Waals surface area contributed by atoms with Gasteiger partial charge in [0.25, 0.3) is 0 Å². The van der Waals surface area contributed by atoms with Gasteiger partial charge in [-0.3, -0.25) is 0 Å². The summed E-state index contributed by atoms with van der Waals surface area (Å²) in [6.45, 7) is 0. The van der Waals surface area contributed by atoms with Crippen LogP contribution in [0.3, 0.4) is 0 Å². The molecule has 1 unspecified atom stereocenters. The van der Waals surface area contributed by atoms with Crippen LogP contribution in [0, 0.1) is 0 Å². The highest BCUT2D eigenvalue weighted by molar-refractivity contribution is 9.13. The fourth-order valence-electron chi connectivity index (χ4n) is 0.245. The lowest BCUT2D eigenvalue weighted by atomic mass is 11.0. The molecule has 10 heavy (non-hydrogen) atoms. The third kappa shape index (κ3) is 3.50. The van der Waals surface area contributed by atoms with Gasteiger partial charge in [0.2, 0.25) is 0 Å². The molecule has 0 fully saturated rings. The maximum atomic E-state index is 11.0. The Kier molecular flexibility index (Phi) is 5.45. The molecule has 0 aliphatic carbocycles. The van der Waals surface area contributed by atoms with E-state index in [9.17, 15) is 8.42 Å². The molecule has 1 atom stereocenters. The zero-order chi connectivity index (χ0) is 8.20. The van der Waals surface area contributed by atoms with Crippen LogP contribution < -0.4 is 0 Å². The molecule has 0 saturated heterocycles. The third-order valence-corrected chi connectivity index (χ3v) is 6.56. The van der Waals surface area contributed by atoms with Gasteiger partial charge in [0.05, 0.1) is 0 Å². The average Bonchev–Trinajstić information content (AvgIpc) is 1.86. The van der Waals surface area contributed by atoms with Crippen LogP contribution in [0.1, 0.15) is 0 Å². The van der Waals surface area contributed by atoms with Crippen molar-refractivity contribution in [1.82, 2.24) is 0 Å².